The predicted molar refractivity (Wildman–Crippen MR) is 306 cm³/mol. The van der Waals surface area contributed by atoms with Crippen molar-refractivity contribution >= 4 is 28.7 Å². The quantitative estimate of drug-likeness (QED) is 0.165. The normalized spacial score (nSPS) is 14.7. The molecule has 1 spiro atoms. The molecule has 1 unspecified atom stereocenters. The van der Waals surface area contributed by atoms with Crippen LogP contribution in [0.1, 0.15) is 45.1 Å². The molecule has 0 radical (unpaired) electrons. The third-order valence-electron chi connectivity index (χ3n) is 15.1. The minimum atomic E-state index is -0.533. The molecule has 11 aromatic carbocycles. The molecular formula is C70H48N4. The minimum Gasteiger partial charge on any atom is -0.344 e. The van der Waals surface area contributed by atoms with E-state index in [4.69, 9.17) is 9.98 Å². The van der Waals surface area contributed by atoms with Crippen LogP contribution in [0.25, 0.3) is 55.6 Å². The minimum absolute atomic E-state index is 0.378. The van der Waals surface area contributed by atoms with Crippen LogP contribution < -0.4 is 10.2 Å². The fourth-order valence-electron chi connectivity index (χ4n) is 11.7. The number of aliphatic imine (C=N–C) groups is 2. The standard InChI is InChI=1S/C70H48N4/c1-4-18-47(19-5-1)49-34-38-51(39-35-49)67-71-68(52-40-36-50(37-41-52)48-20-6-2-7-21-48)73-69(72-67)57-25-17-24-55(45-57)53-22-16-23-54(44-53)56-42-43-60-59-28-10-11-29-61(59)70(64(60)46-56)62-30-12-14-32-65(62)74(58-26-8-3-9-27-58)66-33-15-13-31-63(66)70/h1-46,69H,(H,71,72,73). The van der Waals surface area contributed by atoms with Gasteiger partial charge in [-0.3, -0.25) is 0 Å². The molecule has 4 heteroatoms. The van der Waals surface area contributed by atoms with Gasteiger partial charge in [0.1, 0.15) is 12.0 Å². The van der Waals surface area contributed by atoms with E-state index in [1.807, 2.05) is 6.07 Å². The lowest BCUT2D eigenvalue weighted by Gasteiger charge is -2.45. The molecule has 74 heavy (non-hydrogen) atoms. The molecule has 1 aliphatic carbocycles. The van der Waals surface area contributed by atoms with Crippen molar-refractivity contribution in [3.8, 4) is 55.6 Å². The lowest BCUT2D eigenvalue weighted by molar-refractivity contribution is 0.674. The van der Waals surface area contributed by atoms with E-state index < -0.39 is 5.41 Å². The maximum Gasteiger partial charge on any atom is 0.159 e. The van der Waals surface area contributed by atoms with E-state index in [0.717, 1.165) is 56.0 Å². The average Bonchev–Trinajstić information content (AvgIpc) is 3.78. The number of nitrogens with one attached hydrogen (secondary N) is 1. The van der Waals surface area contributed by atoms with E-state index in [0.29, 0.717) is 5.84 Å². The highest BCUT2D eigenvalue weighted by molar-refractivity contribution is 6.13. The summed E-state index contributed by atoms with van der Waals surface area (Å²) < 4.78 is 0. The lowest BCUT2D eigenvalue weighted by atomic mass is 9.64. The van der Waals surface area contributed by atoms with Crippen molar-refractivity contribution in [1.82, 2.24) is 5.32 Å². The summed E-state index contributed by atoms with van der Waals surface area (Å²) in [6, 6.07) is 101. The zero-order valence-electron chi connectivity index (χ0n) is 40.5. The summed E-state index contributed by atoms with van der Waals surface area (Å²) in [5.74, 6) is 1.47. The summed E-state index contributed by atoms with van der Waals surface area (Å²) in [7, 11) is 0. The van der Waals surface area contributed by atoms with Crippen LogP contribution in [0.4, 0.5) is 17.1 Å². The molecule has 14 rings (SSSR count). The highest BCUT2D eigenvalue weighted by Gasteiger charge is 2.51. The van der Waals surface area contributed by atoms with E-state index >= 15 is 0 Å². The second-order valence-corrected chi connectivity index (χ2v) is 19.3. The number of hydrogen-bond donors (Lipinski definition) is 1. The maximum atomic E-state index is 5.33. The second-order valence-electron chi connectivity index (χ2n) is 19.3. The summed E-state index contributed by atoms with van der Waals surface area (Å²) >= 11 is 0. The van der Waals surface area contributed by atoms with Gasteiger partial charge in [0.05, 0.1) is 16.8 Å². The molecule has 0 fully saturated rings. The van der Waals surface area contributed by atoms with Gasteiger partial charge in [0.25, 0.3) is 0 Å². The van der Waals surface area contributed by atoms with Gasteiger partial charge in [-0.25, -0.2) is 9.98 Å². The smallest absolute Gasteiger partial charge is 0.159 e. The third-order valence-corrected chi connectivity index (χ3v) is 15.1. The van der Waals surface area contributed by atoms with E-state index in [9.17, 15) is 0 Å². The SMILES string of the molecule is c1ccc(-c2ccc(C3=NC(c4cccc(-c5cccc(-c6ccc7c(c6)C6(c8ccccc8-7)c7ccccc7N(c7ccccc7)c7ccccc76)c5)c4)NC(c4ccc(-c5ccccc5)cc4)=N3)cc2)cc1. The second kappa shape index (κ2) is 17.9. The van der Waals surface area contributed by atoms with Gasteiger partial charge in [0.2, 0.25) is 0 Å². The van der Waals surface area contributed by atoms with Crippen molar-refractivity contribution in [3.05, 3.63) is 318 Å². The summed E-state index contributed by atoms with van der Waals surface area (Å²) in [5, 5.41) is 3.74. The van der Waals surface area contributed by atoms with Crippen molar-refractivity contribution < 1.29 is 0 Å². The summed E-state index contributed by atoms with van der Waals surface area (Å²) in [6.07, 6.45) is -0.378. The van der Waals surface area contributed by atoms with E-state index in [-0.39, 0.29) is 6.17 Å². The third kappa shape index (κ3) is 7.22. The lowest BCUT2D eigenvalue weighted by Crippen LogP contribution is -2.36. The predicted octanol–water partition coefficient (Wildman–Crippen LogP) is 17.0. The van der Waals surface area contributed by atoms with Crippen molar-refractivity contribution in [3.63, 3.8) is 0 Å². The Morgan fingerprint density at radius 3 is 1.41 bits per heavy atom. The molecular weight excluding hydrogens is 897 g/mol. The molecule has 0 saturated heterocycles. The first kappa shape index (κ1) is 43.2. The molecule has 0 saturated carbocycles. The Labute approximate surface area is 432 Å². The molecule has 11 aromatic rings. The number of amidine groups is 2. The molecule has 3 aliphatic rings. The number of nitrogens with zero attached hydrogens (tertiary/aromatic N) is 3. The number of benzene rings is 11. The van der Waals surface area contributed by atoms with E-state index in [1.54, 1.807) is 0 Å². The van der Waals surface area contributed by atoms with Crippen LogP contribution in [0.15, 0.2) is 289 Å². The van der Waals surface area contributed by atoms with Crippen molar-refractivity contribution in [1.29, 1.82) is 0 Å². The monoisotopic (exact) mass is 944 g/mol. The molecule has 0 amide bonds. The van der Waals surface area contributed by atoms with Crippen LogP contribution in [0.3, 0.4) is 0 Å². The van der Waals surface area contributed by atoms with Gasteiger partial charge >= 0.3 is 0 Å². The molecule has 4 nitrogen and oxygen atoms in total. The largest absolute Gasteiger partial charge is 0.344 e. The van der Waals surface area contributed by atoms with Gasteiger partial charge in [0.15, 0.2) is 5.84 Å². The van der Waals surface area contributed by atoms with Gasteiger partial charge in [-0.2, -0.15) is 0 Å². The summed E-state index contributed by atoms with van der Waals surface area (Å²) in [4.78, 5) is 13.0. The highest BCUT2D eigenvalue weighted by Crippen LogP contribution is 2.63. The molecule has 2 aliphatic heterocycles. The Hall–Kier alpha value is -9.64. The zero-order valence-corrected chi connectivity index (χ0v) is 40.5. The van der Waals surface area contributed by atoms with Crippen molar-refractivity contribution in [2.24, 2.45) is 9.98 Å². The van der Waals surface area contributed by atoms with Crippen LogP contribution in [0, 0.1) is 0 Å². The molecule has 1 N–H and O–H groups in total. The Kier molecular flexibility index (Phi) is 10.4. The number of para-hydroxylation sites is 3. The van der Waals surface area contributed by atoms with Crippen LogP contribution >= 0.6 is 0 Å². The Morgan fingerprint density at radius 2 is 0.770 bits per heavy atom. The molecule has 1 atom stereocenters. The fourth-order valence-corrected chi connectivity index (χ4v) is 11.7. The fraction of sp³-hybridized carbons (Fsp3) is 0.0286. The van der Waals surface area contributed by atoms with Crippen LogP contribution in [0.5, 0.6) is 0 Å². The molecule has 2 heterocycles. The van der Waals surface area contributed by atoms with Crippen molar-refractivity contribution in [2.75, 3.05) is 4.90 Å². The van der Waals surface area contributed by atoms with Gasteiger partial charge in [-0.05, 0) is 126 Å². The summed E-state index contributed by atoms with van der Waals surface area (Å²) in [6.45, 7) is 0. The van der Waals surface area contributed by atoms with Crippen molar-refractivity contribution in [2.45, 2.75) is 11.6 Å². The zero-order chi connectivity index (χ0) is 49.0. The number of fused-ring (bicyclic) bond motifs is 9. The molecule has 0 aromatic heterocycles. The average molecular weight is 945 g/mol. The highest BCUT2D eigenvalue weighted by atomic mass is 15.2. The Bertz CT molecular complexity index is 3920. The number of rotatable bonds is 8. The maximum absolute atomic E-state index is 5.33. The van der Waals surface area contributed by atoms with E-state index in [2.05, 4.69) is 283 Å². The first-order valence-electron chi connectivity index (χ1n) is 25.4. The first-order chi connectivity index (χ1) is 36.7. The van der Waals surface area contributed by atoms with Gasteiger partial charge in [-0.1, -0.05) is 237 Å². The first-order valence-corrected chi connectivity index (χ1v) is 25.4. The number of hydrogen-bond acceptors (Lipinski definition) is 4. The van der Waals surface area contributed by atoms with Crippen LogP contribution in [-0.4, -0.2) is 11.7 Å². The van der Waals surface area contributed by atoms with Crippen LogP contribution in [-0.2, 0) is 5.41 Å². The molecule has 348 valence electrons. The van der Waals surface area contributed by atoms with Gasteiger partial charge in [0, 0.05) is 16.8 Å². The van der Waals surface area contributed by atoms with Gasteiger partial charge < -0.3 is 10.2 Å². The Balaban J connectivity index is 0.840. The number of anilines is 3. The van der Waals surface area contributed by atoms with Gasteiger partial charge in [-0.15, -0.1) is 0 Å². The molecule has 0 bridgehead atoms. The Morgan fingerprint density at radius 1 is 0.324 bits per heavy atom. The summed E-state index contributed by atoms with van der Waals surface area (Å²) in [5.41, 5.74) is 23.0. The van der Waals surface area contributed by atoms with Crippen LogP contribution in [0.2, 0.25) is 0 Å². The topological polar surface area (TPSA) is 40.0 Å². The van der Waals surface area contributed by atoms with E-state index in [1.165, 1.54) is 61.4 Å².